The second-order valence-corrected chi connectivity index (χ2v) is 11.3. The number of aliphatic carboxylic acids is 1. The SMILES string of the molecule is CC1(C)SC2C(N(C(=O)CNC(=O)c3coc4ccccc4c3=O)c3ccc(O)cc3)C(=O)N2C1C(=O)O. The maximum atomic E-state index is 13.5. The summed E-state index contributed by atoms with van der Waals surface area (Å²) in [7, 11) is 0. The Morgan fingerprint density at radius 1 is 1.11 bits per heavy atom. The molecule has 2 saturated heterocycles. The van der Waals surface area contributed by atoms with E-state index in [4.69, 9.17) is 4.42 Å². The highest BCUT2D eigenvalue weighted by atomic mass is 32.2. The van der Waals surface area contributed by atoms with Crippen LogP contribution in [0.2, 0.25) is 0 Å². The number of carboxylic acids is 1. The smallest absolute Gasteiger partial charge is 0.327 e. The lowest BCUT2D eigenvalue weighted by molar-refractivity contribution is -0.159. The molecule has 38 heavy (non-hydrogen) atoms. The van der Waals surface area contributed by atoms with Crippen LogP contribution in [-0.4, -0.2) is 67.6 Å². The van der Waals surface area contributed by atoms with Crippen LogP contribution in [0.1, 0.15) is 24.2 Å². The first kappa shape index (κ1) is 25.3. The number of rotatable bonds is 6. The third-order valence-electron chi connectivity index (χ3n) is 6.65. The fraction of sp³-hybridized carbons (Fsp3) is 0.269. The second-order valence-electron chi connectivity index (χ2n) is 9.48. The Balaban J connectivity index is 1.41. The molecule has 2 fully saturated rings. The standard InChI is InChI=1S/C26H23N3O8S/c1-26(2)21(25(35)36)29-23(34)19(24(29)38-26)28(13-7-9-14(30)10-8-13)18(31)11-27-22(33)16-12-37-17-6-4-3-5-15(17)20(16)32/h3-10,12,19,21,24,30H,11H2,1-2H3,(H,27,33)(H,35,36). The second kappa shape index (κ2) is 9.21. The van der Waals surface area contributed by atoms with E-state index in [0.29, 0.717) is 5.58 Å². The van der Waals surface area contributed by atoms with Crippen molar-refractivity contribution in [3.8, 4) is 5.75 Å². The van der Waals surface area contributed by atoms with E-state index in [2.05, 4.69) is 5.32 Å². The highest BCUT2D eigenvalue weighted by Gasteiger charge is 2.66. The van der Waals surface area contributed by atoms with Gasteiger partial charge in [-0.15, -0.1) is 11.8 Å². The van der Waals surface area contributed by atoms with E-state index < -0.39 is 57.9 Å². The van der Waals surface area contributed by atoms with Gasteiger partial charge < -0.3 is 24.8 Å². The molecular formula is C26H23N3O8S. The Kier molecular flexibility index (Phi) is 6.14. The van der Waals surface area contributed by atoms with Gasteiger partial charge in [-0.2, -0.15) is 0 Å². The molecule has 0 radical (unpaired) electrons. The zero-order valence-electron chi connectivity index (χ0n) is 20.3. The molecule has 0 bridgehead atoms. The summed E-state index contributed by atoms with van der Waals surface area (Å²) in [5.74, 6) is -3.22. The van der Waals surface area contributed by atoms with E-state index in [1.807, 2.05) is 0 Å². The summed E-state index contributed by atoms with van der Waals surface area (Å²) >= 11 is 1.27. The van der Waals surface area contributed by atoms with Gasteiger partial charge in [0.25, 0.3) is 11.8 Å². The van der Waals surface area contributed by atoms with Crippen molar-refractivity contribution in [3.05, 3.63) is 70.6 Å². The van der Waals surface area contributed by atoms with Crippen molar-refractivity contribution in [1.29, 1.82) is 0 Å². The largest absolute Gasteiger partial charge is 0.508 e. The number of benzene rings is 2. The summed E-state index contributed by atoms with van der Waals surface area (Å²) in [6.07, 6.45) is 1.03. The van der Waals surface area contributed by atoms with Crippen LogP contribution in [0, 0.1) is 0 Å². The van der Waals surface area contributed by atoms with Crippen molar-refractivity contribution < 1.29 is 33.8 Å². The molecule has 3 N–H and O–H groups in total. The molecule has 0 spiro atoms. The number of carbonyl (C=O) groups is 4. The molecule has 3 heterocycles. The molecular weight excluding hydrogens is 514 g/mol. The predicted molar refractivity (Wildman–Crippen MR) is 138 cm³/mol. The Morgan fingerprint density at radius 2 is 1.79 bits per heavy atom. The normalized spacial score (nSPS) is 21.5. The minimum absolute atomic E-state index is 0.0543. The van der Waals surface area contributed by atoms with Crippen LogP contribution < -0.4 is 15.6 Å². The lowest BCUT2D eigenvalue weighted by Crippen LogP contribution is -2.72. The fourth-order valence-corrected chi connectivity index (χ4v) is 6.55. The van der Waals surface area contributed by atoms with Gasteiger partial charge in [0.1, 0.15) is 40.6 Å². The number of nitrogens with one attached hydrogen (secondary N) is 1. The number of nitrogens with zero attached hydrogens (tertiary/aromatic N) is 2. The number of amides is 3. The summed E-state index contributed by atoms with van der Waals surface area (Å²) in [6.45, 7) is 2.89. The van der Waals surface area contributed by atoms with Crippen molar-refractivity contribution in [2.75, 3.05) is 11.4 Å². The van der Waals surface area contributed by atoms with Crippen LogP contribution in [0.3, 0.4) is 0 Å². The minimum atomic E-state index is -1.14. The molecule has 0 saturated carbocycles. The monoisotopic (exact) mass is 537 g/mol. The minimum Gasteiger partial charge on any atom is -0.508 e. The molecule has 3 amide bonds. The van der Waals surface area contributed by atoms with Gasteiger partial charge >= 0.3 is 5.97 Å². The van der Waals surface area contributed by atoms with Crippen LogP contribution in [0.15, 0.2) is 64.0 Å². The molecule has 0 aliphatic carbocycles. The molecule has 5 rings (SSSR count). The van der Waals surface area contributed by atoms with Gasteiger partial charge in [-0.05, 0) is 50.2 Å². The van der Waals surface area contributed by atoms with Gasteiger partial charge in [-0.25, -0.2) is 4.79 Å². The summed E-state index contributed by atoms with van der Waals surface area (Å²) in [6, 6.07) is 9.94. The predicted octanol–water partition coefficient (Wildman–Crippen LogP) is 1.78. The van der Waals surface area contributed by atoms with Gasteiger partial charge in [-0.3, -0.25) is 24.1 Å². The third-order valence-corrected chi connectivity index (χ3v) is 8.20. The van der Waals surface area contributed by atoms with Crippen LogP contribution in [0.5, 0.6) is 5.75 Å². The molecule has 3 aromatic rings. The maximum Gasteiger partial charge on any atom is 0.327 e. The topological polar surface area (TPSA) is 157 Å². The van der Waals surface area contributed by atoms with E-state index in [1.165, 1.54) is 51.9 Å². The number of anilines is 1. The average Bonchev–Trinajstić information content (AvgIpc) is 3.14. The van der Waals surface area contributed by atoms with Crippen LogP contribution in [0.4, 0.5) is 5.69 Å². The Labute approximate surface area is 220 Å². The Bertz CT molecular complexity index is 1530. The van der Waals surface area contributed by atoms with E-state index >= 15 is 0 Å². The number of thioether (sulfide) groups is 1. The molecule has 2 aliphatic heterocycles. The van der Waals surface area contributed by atoms with Gasteiger partial charge in [0.05, 0.1) is 11.9 Å². The van der Waals surface area contributed by atoms with Gasteiger partial charge in [0, 0.05) is 10.4 Å². The number of aromatic hydroxyl groups is 1. The number of phenols is 1. The molecule has 3 unspecified atom stereocenters. The number of fused-ring (bicyclic) bond motifs is 2. The number of phenolic OH excluding ortho intramolecular Hbond substituents is 1. The summed E-state index contributed by atoms with van der Waals surface area (Å²) < 4.78 is 4.57. The lowest BCUT2D eigenvalue weighted by atomic mass is 9.95. The van der Waals surface area contributed by atoms with Crippen LogP contribution >= 0.6 is 11.8 Å². The highest BCUT2D eigenvalue weighted by molar-refractivity contribution is 8.01. The molecule has 2 aromatic carbocycles. The van der Waals surface area contributed by atoms with Gasteiger partial charge in [-0.1, -0.05) is 12.1 Å². The number of carboxylic acid groups (broad SMARTS) is 1. The maximum absolute atomic E-state index is 13.5. The summed E-state index contributed by atoms with van der Waals surface area (Å²) in [5.41, 5.74) is -0.243. The first-order chi connectivity index (χ1) is 18.0. The van der Waals surface area contributed by atoms with Gasteiger partial charge in [0.15, 0.2) is 0 Å². The third kappa shape index (κ3) is 4.06. The Morgan fingerprint density at radius 3 is 2.47 bits per heavy atom. The molecule has 196 valence electrons. The van der Waals surface area contributed by atoms with E-state index in [-0.39, 0.29) is 22.4 Å². The number of carbonyl (C=O) groups excluding carboxylic acids is 3. The lowest BCUT2D eigenvalue weighted by Gasteiger charge is -2.48. The van der Waals surface area contributed by atoms with Crippen molar-refractivity contribution >= 4 is 52.1 Å². The zero-order valence-corrected chi connectivity index (χ0v) is 21.1. The van der Waals surface area contributed by atoms with Gasteiger partial charge in [0.2, 0.25) is 11.3 Å². The fourth-order valence-electron chi connectivity index (χ4n) is 4.87. The Hall–Kier alpha value is -4.32. The number of para-hydroxylation sites is 1. The first-order valence-corrected chi connectivity index (χ1v) is 12.5. The summed E-state index contributed by atoms with van der Waals surface area (Å²) in [4.78, 5) is 66.6. The van der Waals surface area contributed by atoms with E-state index in [9.17, 15) is 34.2 Å². The molecule has 2 aliphatic rings. The van der Waals surface area contributed by atoms with Crippen molar-refractivity contribution in [1.82, 2.24) is 10.2 Å². The van der Waals surface area contributed by atoms with Crippen LogP contribution in [0.25, 0.3) is 11.0 Å². The molecule has 3 atom stereocenters. The van der Waals surface area contributed by atoms with Crippen molar-refractivity contribution in [2.24, 2.45) is 0 Å². The number of hydrogen-bond acceptors (Lipinski definition) is 8. The van der Waals surface area contributed by atoms with Crippen molar-refractivity contribution in [2.45, 2.75) is 36.1 Å². The van der Waals surface area contributed by atoms with Crippen LogP contribution in [-0.2, 0) is 14.4 Å². The van der Waals surface area contributed by atoms with E-state index in [1.54, 1.807) is 32.0 Å². The summed E-state index contributed by atoms with van der Waals surface area (Å²) in [5, 5.41) is 21.4. The average molecular weight is 538 g/mol. The molecule has 12 heteroatoms. The quantitative estimate of drug-likeness (QED) is 0.399. The molecule has 11 nitrogen and oxygen atoms in total. The number of hydrogen-bond donors (Lipinski definition) is 3. The van der Waals surface area contributed by atoms with E-state index in [0.717, 1.165) is 6.26 Å². The van der Waals surface area contributed by atoms with Crippen molar-refractivity contribution in [3.63, 3.8) is 0 Å². The first-order valence-electron chi connectivity index (χ1n) is 11.6. The zero-order chi connectivity index (χ0) is 27.4. The number of β-lactam (4-membered cyclic amide) rings is 1. The molecule has 1 aromatic heterocycles. The highest BCUT2D eigenvalue weighted by Crippen LogP contribution is 2.52.